The summed E-state index contributed by atoms with van der Waals surface area (Å²) >= 11 is 0. The number of fused-ring (bicyclic) bond motifs is 1. The van der Waals surface area contributed by atoms with Gasteiger partial charge in [-0.15, -0.1) is 0 Å². The quantitative estimate of drug-likeness (QED) is 0.930. The molecule has 1 aromatic carbocycles. The van der Waals surface area contributed by atoms with Gasteiger partial charge in [-0.05, 0) is 30.0 Å². The summed E-state index contributed by atoms with van der Waals surface area (Å²) in [5.74, 6) is 0.683. The van der Waals surface area contributed by atoms with E-state index in [-0.39, 0.29) is 12.1 Å². The van der Waals surface area contributed by atoms with E-state index in [0.29, 0.717) is 12.2 Å². The molecule has 0 fully saturated rings. The molecule has 3 rings (SSSR count). The Morgan fingerprint density at radius 2 is 2.05 bits per heavy atom. The number of aromatic nitrogens is 2. The highest BCUT2D eigenvalue weighted by molar-refractivity contribution is 5.31. The minimum atomic E-state index is -0.202. The molecule has 2 N–H and O–H groups in total. The van der Waals surface area contributed by atoms with Gasteiger partial charge < -0.3 is 10.5 Å². The van der Waals surface area contributed by atoms with E-state index in [4.69, 9.17) is 10.5 Å². The summed E-state index contributed by atoms with van der Waals surface area (Å²) in [6.45, 7) is 2.72. The Morgan fingerprint density at radius 1 is 1.30 bits per heavy atom. The van der Waals surface area contributed by atoms with Gasteiger partial charge in [-0.3, -0.25) is 0 Å². The number of ether oxygens (including phenoxy) is 1. The van der Waals surface area contributed by atoms with E-state index in [1.807, 2.05) is 6.92 Å². The summed E-state index contributed by atoms with van der Waals surface area (Å²) in [6.07, 6.45) is 5.33. The molecule has 1 aliphatic rings. The monoisotopic (exact) mass is 269 g/mol. The Labute approximate surface area is 119 Å². The molecule has 2 heterocycles. The van der Waals surface area contributed by atoms with Gasteiger partial charge in [-0.1, -0.05) is 24.3 Å². The zero-order chi connectivity index (χ0) is 13.9. The number of benzene rings is 1. The molecule has 104 valence electrons. The van der Waals surface area contributed by atoms with Crippen molar-refractivity contribution < 1.29 is 4.74 Å². The highest BCUT2D eigenvalue weighted by Crippen LogP contribution is 2.32. The molecule has 20 heavy (non-hydrogen) atoms. The second-order valence-electron chi connectivity index (χ2n) is 5.27. The second-order valence-corrected chi connectivity index (χ2v) is 5.27. The van der Waals surface area contributed by atoms with Crippen molar-refractivity contribution in [1.29, 1.82) is 0 Å². The van der Waals surface area contributed by atoms with Crippen LogP contribution in [0.2, 0.25) is 0 Å². The Hall–Kier alpha value is -1.78. The number of aryl methyl sites for hydroxylation is 1. The van der Waals surface area contributed by atoms with Crippen LogP contribution < -0.4 is 5.73 Å². The van der Waals surface area contributed by atoms with E-state index in [0.717, 1.165) is 18.6 Å². The molecule has 0 saturated heterocycles. The predicted octanol–water partition coefficient (Wildman–Crippen LogP) is 2.49. The molecular weight excluding hydrogens is 250 g/mol. The van der Waals surface area contributed by atoms with Crippen LogP contribution in [-0.4, -0.2) is 16.6 Å². The minimum Gasteiger partial charge on any atom is -0.373 e. The van der Waals surface area contributed by atoms with Crippen LogP contribution in [-0.2, 0) is 11.2 Å². The lowest BCUT2D eigenvalue weighted by Gasteiger charge is -2.27. The molecule has 4 heteroatoms. The van der Waals surface area contributed by atoms with Crippen molar-refractivity contribution in [3.05, 3.63) is 59.2 Å². The largest absolute Gasteiger partial charge is 0.373 e. The molecule has 1 aromatic heterocycles. The maximum Gasteiger partial charge on any atom is 0.144 e. The van der Waals surface area contributed by atoms with Gasteiger partial charge >= 0.3 is 0 Å². The zero-order valence-electron chi connectivity index (χ0n) is 11.6. The lowest BCUT2D eigenvalue weighted by Crippen LogP contribution is -2.22. The van der Waals surface area contributed by atoms with E-state index in [1.165, 1.54) is 11.1 Å². The van der Waals surface area contributed by atoms with Crippen molar-refractivity contribution in [2.45, 2.75) is 31.9 Å². The molecule has 0 spiro atoms. The first-order valence-corrected chi connectivity index (χ1v) is 6.97. The molecule has 0 radical (unpaired) electrons. The summed E-state index contributed by atoms with van der Waals surface area (Å²) in [5.41, 5.74) is 9.88. The van der Waals surface area contributed by atoms with Gasteiger partial charge in [-0.2, -0.15) is 0 Å². The number of rotatable bonds is 3. The molecule has 1 aliphatic heterocycles. The fourth-order valence-electron chi connectivity index (χ4n) is 2.60. The fraction of sp³-hybridized carbons (Fsp3) is 0.375. The van der Waals surface area contributed by atoms with Gasteiger partial charge in [0.25, 0.3) is 0 Å². The van der Waals surface area contributed by atoms with E-state index < -0.39 is 0 Å². The second kappa shape index (κ2) is 5.69. The SMILES string of the molecule is Cc1cnc(C(N)CC2OCCc3ccccc32)nc1. The fourth-order valence-corrected chi connectivity index (χ4v) is 2.60. The van der Waals surface area contributed by atoms with Crippen LogP contribution in [0, 0.1) is 6.92 Å². The van der Waals surface area contributed by atoms with Crippen molar-refractivity contribution >= 4 is 0 Å². The van der Waals surface area contributed by atoms with Crippen LogP contribution in [0.4, 0.5) is 0 Å². The van der Waals surface area contributed by atoms with Crippen LogP contribution >= 0.6 is 0 Å². The van der Waals surface area contributed by atoms with E-state index in [9.17, 15) is 0 Å². The van der Waals surface area contributed by atoms with Crippen molar-refractivity contribution in [2.75, 3.05) is 6.61 Å². The van der Waals surface area contributed by atoms with Crippen molar-refractivity contribution in [1.82, 2.24) is 9.97 Å². The van der Waals surface area contributed by atoms with Crippen LogP contribution in [0.5, 0.6) is 0 Å². The van der Waals surface area contributed by atoms with Gasteiger partial charge in [0.2, 0.25) is 0 Å². The summed E-state index contributed by atoms with van der Waals surface area (Å²) in [7, 11) is 0. The highest BCUT2D eigenvalue weighted by atomic mass is 16.5. The van der Waals surface area contributed by atoms with E-state index >= 15 is 0 Å². The Kier molecular flexibility index (Phi) is 3.76. The zero-order valence-corrected chi connectivity index (χ0v) is 11.6. The lowest BCUT2D eigenvalue weighted by molar-refractivity contribution is 0.0314. The van der Waals surface area contributed by atoms with Crippen LogP contribution in [0.3, 0.4) is 0 Å². The van der Waals surface area contributed by atoms with Gasteiger partial charge in [0.1, 0.15) is 5.82 Å². The van der Waals surface area contributed by atoms with Crippen molar-refractivity contribution in [2.24, 2.45) is 5.73 Å². The molecular formula is C16H19N3O. The topological polar surface area (TPSA) is 61.0 Å². The third-order valence-electron chi connectivity index (χ3n) is 3.69. The van der Waals surface area contributed by atoms with E-state index in [2.05, 4.69) is 34.2 Å². The van der Waals surface area contributed by atoms with Crippen molar-refractivity contribution in [3.8, 4) is 0 Å². The first-order chi connectivity index (χ1) is 9.74. The third-order valence-corrected chi connectivity index (χ3v) is 3.69. The normalized spacial score (nSPS) is 19.4. The van der Waals surface area contributed by atoms with E-state index in [1.54, 1.807) is 12.4 Å². The average Bonchev–Trinajstić information content (AvgIpc) is 2.48. The first kappa shape index (κ1) is 13.2. The summed E-state index contributed by atoms with van der Waals surface area (Å²) < 4.78 is 5.88. The molecule has 0 bridgehead atoms. The molecule has 4 nitrogen and oxygen atoms in total. The maximum absolute atomic E-state index is 6.23. The minimum absolute atomic E-state index is 0.0415. The molecule has 2 aromatic rings. The van der Waals surface area contributed by atoms with Gasteiger partial charge in [0, 0.05) is 18.8 Å². The third kappa shape index (κ3) is 2.71. The highest BCUT2D eigenvalue weighted by Gasteiger charge is 2.24. The number of nitrogens with zero attached hydrogens (tertiary/aromatic N) is 2. The number of hydrogen-bond acceptors (Lipinski definition) is 4. The van der Waals surface area contributed by atoms with Crippen molar-refractivity contribution in [3.63, 3.8) is 0 Å². The first-order valence-electron chi connectivity index (χ1n) is 6.97. The Morgan fingerprint density at radius 3 is 2.85 bits per heavy atom. The van der Waals surface area contributed by atoms with Gasteiger partial charge in [0.05, 0.1) is 18.8 Å². The molecule has 2 unspecified atom stereocenters. The lowest BCUT2D eigenvalue weighted by atomic mass is 9.93. The smallest absolute Gasteiger partial charge is 0.144 e. The van der Waals surface area contributed by atoms with Crippen LogP contribution in [0.25, 0.3) is 0 Å². The Balaban J connectivity index is 1.77. The van der Waals surface area contributed by atoms with Crippen LogP contribution in [0.15, 0.2) is 36.7 Å². The molecule has 2 atom stereocenters. The molecule has 0 aliphatic carbocycles. The Bertz CT molecular complexity index is 583. The standard InChI is InChI=1S/C16H19N3O/c1-11-9-18-16(19-10-11)14(17)8-15-13-5-3-2-4-12(13)6-7-20-15/h2-5,9-10,14-15H,6-8,17H2,1H3. The summed E-state index contributed by atoms with van der Waals surface area (Å²) in [6, 6.07) is 8.21. The van der Waals surface area contributed by atoms with Gasteiger partial charge in [0.15, 0.2) is 0 Å². The average molecular weight is 269 g/mol. The molecule has 0 saturated carbocycles. The van der Waals surface area contributed by atoms with Gasteiger partial charge in [-0.25, -0.2) is 9.97 Å². The van der Waals surface area contributed by atoms with Crippen LogP contribution in [0.1, 0.15) is 41.1 Å². The molecule has 0 amide bonds. The summed E-state index contributed by atoms with van der Waals surface area (Å²) in [4.78, 5) is 8.62. The summed E-state index contributed by atoms with van der Waals surface area (Å²) in [5, 5.41) is 0. The predicted molar refractivity (Wildman–Crippen MR) is 77.2 cm³/mol. The maximum atomic E-state index is 6.23. The number of hydrogen-bond donors (Lipinski definition) is 1. The number of nitrogens with two attached hydrogens (primary N) is 1.